The van der Waals surface area contributed by atoms with Crippen molar-refractivity contribution >= 4 is 17.3 Å². The third kappa shape index (κ3) is 3.85. The highest BCUT2D eigenvalue weighted by molar-refractivity contribution is 6.33. The fraction of sp³-hybridized carbons (Fsp3) is 0.625. The van der Waals surface area contributed by atoms with Crippen LogP contribution in [0.3, 0.4) is 0 Å². The van der Waals surface area contributed by atoms with Crippen molar-refractivity contribution in [3.8, 4) is 0 Å². The first-order valence-electron chi connectivity index (χ1n) is 7.08. The molecular weight excluding hydrogens is 261 g/mol. The largest absolute Gasteiger partial charge is 0.381 e. The third-order valence-electron chi connectivity index (χ3n) is 4.24. The number of hydrogen-bond acceptors (Lipinski definition) is 1. The van der Waals surface area contributed by atoms with E-state index in [1.54, 1.807) is 6.07 Å². The maximum atomic E-state index is 13.2. The second kappa shape index (κ2) is 5.70. The van der Waals surface area contributed by atoms with Gasteiger partial charge in [0.2, 0.25) is 0 Å². The summed E-state index contributed by atoms with van der Waals surface area (Å²) in [6.45, 7) is 6.94. The molecule has 0 atom stereocenters. The van der Waals surface area contributed by atoms with Gasteiger partial charge in [-0.2, -0.15) is 0 Å². The molecule has 2 rings (SSSR count). The molecule has 0 unspecified atom stereocenters. The Labute approximate surface area is 120 Å². The molecule has 106 valence electrons. The Balaban J connectivity index is 1.94. The average molecular weight is 284 g/mol. The van der Waals surface area contributed by atoms with Gasteiger partial charge in [-0.05, 0) is 55.2 Å². The van der Waals surface area contributed by atoms with Gasteiger partial charge in [0.05, 0.1) is 10.7 Å². The molecule has 0 aliphatic heterocycles. The smallest absolute Gasteiger partial charge is 0.125 e. The fourth-order valence-electron chi connectivity index (χ4n) is 2.93. The van der Waals surface area contributed by atoms with Crippen LogP contribution >= 0.6 is 11.6 Å². The van der Waals surface area contributed by atoms with Gasteiger partial charge in [-0.3, -0.25) is 0 Å². The van der Waals surface area contributed by atoms with Crippen LogP contribution in [0.15, 0.2) is 18.2 Å². The zero-order chi connectivity index (χ0) is 14.0. The molecule has 1 aromatic carbocycles. The van der Waals surface area contributed by atoms with Crippen molar-refractivity contribution in [3.63, 3.8) is 0 Å². The molecule has 1 aliphatic rings. The van der Waals surface area contributed by atoms with Crippen LogP contribution in [0.1, 0.15) is 46.5 Å². The molecule has 1 saturated carbocycles. The lowest BCUT2D eigenvalue weighted by Gasteiger charge is -2.37. The first kappa shape index (κ1) is 14.6. The molecule has 3 heteroatoms. The van der Waals surface area contributed by atoms with Crippen LogP contribution in [-0.4, -0.2) is 6.04 Å². The van der Waals surface area contributed by atoms with Crippen molar-refractivity contribution in [2.75, 3.05) is 5.32 Å². The van der Waals surface area contributed by atoms with Gasteiger partial charge in [-0.1, -0.05) is 32.4 Å². The van der Waals surface area contributed by atoms with Crippen LogP contribution in [0.25, 0.3) is 0 Å². The lowest BCUT2D eigenvalue weighted by atomic mass is 9.71. The lowest BCUT2D eigenvalue weighted by Crippen LogP contribution is -2.31. The van der Waals surface area contributed by atoms with Crippen molar-refractivity contribution in [2.45, 2.75) is 52.5 Å². The summed E-state index contributed by atoms with van der Waals surface area (Å²) in [5.41, 5.74) is 1.11. The molecule has 0 radical (unpaired) electrons. The Morgan fingerprint density at radius 1 is 1.16 bits per heavy atom. The third-order valence-corrected chi connectivity index (χ3v) is 4.57. The highest BCUT2D eigenvalue weighted by Gasteiger charge is 2.29. The predicted octanol–water partition coefficient (Wildman–Crippen LogP) is 5.50. The van der Waals surface area contributed by atoms with E-state index in [0.29, 0.717) is 16.5 Å². The fourth-order valence-corrected chi connectivity index (χ4v) is 3.10. The molecule has 0 amide bonds. The SMILES string of the molecule is CC(C)(C)C1CCC(Nc2cc(F)ccc2Cl)CC1. The number of hydrogen-bond donors (Lipinski definition) is 1. The summed E-state index contributed by atoms with van der Waals surface area (Å²) in [6, 6.07) is 4.90. The summed E-state index contributed by atoms with van der Waals surface area (Å²) < 4.78 is 13.2. The number of rotatable bonds is 2. The van der Waals surface area contributed by atoms with Crippen LogP contribution in [0.5, 0.6) is 0 Å². The van der Waals surface area contributed by atoms with Gasteiger partial charge in [-0.15, -0.1) is 0 Å². The summed E-state index contributed by atoms with van der Waals surface area (Å²) in [6.07, 6.45) is 4.73. The molecule has 0 bridgehead atoms. The van der Waals surface area contributed by atoms with Gasteiger partial charge >= 0.3 is 0 Å². The van der Waals surface area contributed by atoms with Gasteiger partial charge in [0.15, 0.2) is 0 Å². The van der Waals surface area contributed by atoms with Gasteiger partial charge < -0.3 is 5.32 Å². The summed E-state index contributed by atoms with van der Waals surface area (Å²) >= 11 is 6.09. The normalized spacial score (nSPS) is 24.3. The first-order valence-corrected chi connectivity index (χ1v) is 7.45. The Hall–Kier alpha value is -0.760. The molecule has 1 aliphatic carbocycles. The van der Waals surface area contributed by atoms with E-state index < -0.39 is 0 Å². The van der Waals surface area contributed by atoms with Crippen molar-refractivity contribution in [1.29, 1.82) is 0 Å². The average Bonchev–Trinajstić information content (AvgIpc) is 2.33. The summed E-state index contributed by atoms with van der Waals surface area (Å²) in [4.78, 5) is 0. The van der Waals surface area contributed by atoms with Crippen LogP contribution in [-0.2, 0) is 0 Å². The maximum absolute atomic E-state index is 13.2. The Morgan fingerprint density at radius 2 is 1.79 bits per heavy atom. The van der Waals surface area contributed by atoms with Gasteiger partial charge in [0.25, 0.3) is 0 Å². The Bertz CT molecular complexity index is 431. The molecule has 0 saturated heterocycles. The number of halogens is 2. The second-order valence-electron chi connectivity index (χ2n) is 6.68. The monoisotopic (exact) mass is 283 g/mol. The van der Waals surface area contributed by atoms with Gasteiger partial charge in [-0.25, -0.2) is 4.39 Å². The van der Waals surface area contributed by atoms with E-state index in [0.717, 1.165) is 24.4 Å². The molecule has 0 spiro atoms. The lowest BCUT2D eigenvalue weighted by molar-refractivity contribution is 0.173. The quantitative estimate of drug-likeness (QED) is 0.756. The molecule has 1 N–H and O–H groups in total. The van der Waals surface area contributed by atoms with Crippen LogP contribution < -0.4 is 5.32 Å². The van der Waals surface area contributed by atoms with Crippen LogP contribution in [0, 0.1) is 17.2 Å². The minimum atomic E-state index is -0.240. The second-order valence-corrected chi connectivity index (χ2v) is 7.09. The standard InChI is InChI=1S/C16H23ClFN/c1-16(2,3)11-4-7-13(8-5-11)19-15-10-12(18)6-9-14(15)17/h6,9-11,13,19H,4-5,7-8H2,1-3H3. The molecule has 1 aromatic rings. The zero-order valence-corrected chi connectivity index (χ0v) is 12.7. The van der Waals surface area contributed by atoms with Gasteiger partial charge in [0.1, 0.15) is 5.82 Å². The van der Waals surface area contributed by atoms with Crippen molar-refractivity contribution in [1.82, 2.24) is 0 Å². The van der Waals surface area contributed by atoms with E-state index in [1.165, 1.54) is 25.0 Å². The number of anilines is 1. The van der Waals surface area contributed by atoms with Crippen LogP contribution in [0.4, 0.5) is 10.1 Å². The van der Waals surface area contributed by atoms with E-state index in [1.807, 2.05) is 0 Å². The van der Waals surface area contributed by atoms with Gasteiger partial charge in [0, 0.05) is 6.04 Å². The zero-order valence-electron chi connectivity index (χ0n) is 12.0. The molecule has 0 heterocycles. The number of nitrogens with one attached hydrogen (secondary N) is 1. The summed E-state index contributed by atoms with van der Waals surface area (Å²) in [5, 5.41) is 3.99. The van der Waals surface area contributed by atoms with E-state index in [9.17, 15) is 4.39 Å². The van der Waals surface area contributed by atoms with E-state index in [-0.39, 0.29) is 5.82 Å². The molecule has 0 aromatic heterocycles. The van der Waals surface area contributed by atoms with E-state index in [2.05, 4.69) is 26.1 Å². The molecule has 1 fully saturated rings. The predicted molar refractivity (Wildman–Crippen MR) is 80.2 cm³/mol. The summed E-state index contributed by atoms with van der Waals surface area (Å²) in [7, 11) is 0. The Morgan fingerprint density at radius 3 is 2.37 bits per heavy atom. The highest BCUT2D eigenvalue weighted by Crippen LogP contribution is 2.38. The van der Waals surface area contributed by atoms with Crippen molar-refractivity contribution in [2.24, 2.45) is 11.3 Å². The van der Waals surface area contributed by atoms with Crippen LogP contribution in [0.2, 0.25) is 5.02 Å². The van der Waals surface area contributed by atoms with E-state index in [4.69, 9.17) is 11.6 Å². The summed E-state index contributed by atoms with van der Waals surface area (Å²) in [5.74, 6) is 0.545. The van der Waals surface area contributed by atoms with Crippen molar-refractivity contribution < 1.29 is 4.39 Å². The molecule has 19 heavy (non-hydrogen) atoms. The molecule has 1 nitrogen and oxygen atoms in total. The Kier molecular flexibility index (Phi) is 4.39. The molecular formula is C16H23ClFN. The van der Waals surface area contributed by atoms with Crippen molar-refractivity contribution in [3.05, 3.63) is 29.0 Å². The minimum Gasteiger partial charge on any atom is -0.381 e. The van der Waals surface area contributed by atoms with E-state index >= 15 is 0 Å². The first-order chi connectivity index (χ1) is 8.86. The minimum absolute atomic E-state index is 0.240. The maximum Gasteiger partial charge on any atom is 0.125 e. The highest BCUT2D eigenvalue weighted by atomic mass is 35.5. The topological polar surface area (TPSA) is 12.0 Å². The number of benzene rings is 1.